The molecule has 1 aliphatic heterocycles. The van der Waals surface area contributed by atoms with Gasteiger partial charge in [0.1, 0.15) is 0 Å². The van der Waals surface area contributed by atoms with Crippen molar-refractivity contribution in [3.8, 4) is 17.2 Å². The lowest BCUT2D eigenvalue weighted by molar-refractivity contribution is -0.120. The second-order valence-corrected chi connectivity index (χ2v) is 9.38. The van der Waals surface area contributed by atoms with E-state index in [1.807, 2.05) is 24.3 Å². The third-order valence-corrected chi connectivity index (χ3v) is 6.77. The van der Waals surface area contributed by atoms with Gasteiger partial charge in [0, 0.05) is 6.54 Å². The summed E-state index contributed by atoms with van der Waals surface area (Å²) >= 11 is 7.62. The maximum absolute atomic E-state index is 13.4. The van der Waals surface area contributed by atoms with E-state index < -0.39 is 5.25 Å². The van der Waals surface area contributed by atoms with E-state index in [1.54, 1.807) is 49.4 Å². The highest BCUT2D eigenvalue weighted by atomic mass is 35.5. The Morgan fingerprint density at radius 1 is 1.12 bits per heavy atom. The van der Waals surface area contributed by atoms with E-state index in [9.17, 15) is 9.59 Å². The van der Waals surface area contributed by atoms with Crippen LogP contribution < -0.4 is 20.3 Å². The van der Waals surface area contributed by atoms with Crippen molar-refractivity contribution >= 4 is 40.2 Å². The van der Waals surface area contributed by atoms with Crippen LogP contribution in [0.2, 0.25) is 5.02 Å². The number of nitrogens with zero attached hydrogens (tertiary/aromatic N) is 2. The maximum Gasteiger partial charge on any atom is 0.266 e. The summed E-state index contributed by atoms with van der Waals surface area (Å²) in [5.74, 6) is 1.17. The van der Waals surface area contributed by atoms with Crippen molar-refractivity contribution in [2.75, 3.05) is 6.79 Å². The first-order valence-electron chi connectivity index (χ1n) is 10.6. The number of thioether (sulfide) groups is 1. The van der Waals surface area contributed by atoms with E-state index in [4.69, 9.17) is 26.1 Å². The Kier molecular flexibility index (Phi) is 6.17. The lowest BCUT2D eigenvalue weighted by Crippen LogP contribution is -2.31. The normalized spacial score (nSPS) is 13.1. The van der Waals surface area contributed by atoms with Crippen molar-refractivity contribution in [2.24, 2.45) is 0 Å². The SMILES string of the molecule is CC(Sc1nc2ccccc2c(=O)n1-c1ccccc1Cl)C(=O)NCc1ccc2c(c1)OCO2. The van der Waals surface area contributed by atoms with Gasteiger partial charge < -0.3 is 14.8 Å². The predicted molar refractivity (Wildman–Crippen MR) is 132 cm³/mol. The monoisotopic (exact) mass is 493 g/mol. The number of nitrogens with one attached hydrogen (secondary N) is 1. The molecular formula is C25H20ClN3O4S. The number of carbonyl (C=O) groups excluding carboxylic acids is 1. The third-order valence-electron chi connectivity index (χ3n) is 5.39. The van der Waals surface area contributed by atoms with Crippen molar-refractivity contribution in [2.45, 2.75) is 23.9 Å². The van der Waals surface area contributed by atoms with Crippen molar-refractivity contribution in [3.05, 3.63) is 87.7 Å². The zero-order valence-corrected chi connectivity index (χ0v) is 19.7. The van der Waals surface area contributed by atoms with Gasteiger partial charge in [0.05, 0.1) is 26.9 Å². The molecule has 0 fully saturated rings. The zero-order valence-electron chi connectivity index (χ0n) is 18.2. The van der Waals surface area contributed by atoms with Gasteiger partial charge in [-0.2, -0.15) is 0 Å². The summed E-state index contributed by atoms with van der Waals surface area (Å²) in [5.41, 5.74) is 1.73. The summed E-state index contributed by atoms with van der Waals surface area (Å²) in [6, 6.07) is 19.8. The highest BCUT2D eigenvalue weighted by Crippen LogP contribution is 2.32. The summed E-state index contributed by atoms with van der Waals surface area (Å²) in [6.45, 7) is 2.31. The summed E-state index contributed by atoms with van der Waals surface area (Å²) < 4.78 is 12.2. The fourth-order valence-electron chi connectivity index (χ4n) is 3.63. The van der Waals surface area contributed by atoms with E-state index in [2.05, 4.69) is 5.32 Å². The van der Waals surface area contributed by atoms with Crippen LogP contribution in [0.5, 0.6) is 11.5 Å². The molecule has 0 spiro atoms. The minimum absolute atomic E-state index is 0.184. The third kappa shape index (κ3) is 4.34. The topological polar surface area (TPSA) is 82.5 Å². The van der Waals surface area contributed by atoms with E-state index in [0.29, 0.717) is 44.8 Å². The van der Waals surface area contributed by atoms with Crippen molar-refractivity contribution in [1.82, 2.24) is 14.9 Å². The van der Waals surface area contributed by atoms with Crippen LogP contribution >= 0.6 is 23.4 Å². The number of ether oxygens (including phenoxy) is 2. The summed E-state index contributed by atoms with van der Waals surface area (Å²) in [4.78, 5) is 31.0. The molecule has 34 heavy (non-hydrogen) atoms. The van der Waals surface area contributed by atoms with Crippen molar-refractivity contribution in [1.29, 1.82) is 0 Å². The van der Waals surface area contributed by atoms with Crippen LogP contribution in [-0.4, -0.2) is 27.5 Å². The zero-order chi connectivity index (χ0) is 23.7. The number of rotatable bonds is 6. The number of amides is 1. The molecule has 5 rings (SSSR count). The van der Waals surface area contributed by atoms with Crippen LogP contribution in [0.25, 0.3) is 16.6 Å². The Morgan fingerprint density at radius 2 is 1.88 bits per heavy atom. The second kappa shape index (κ2) is 9.40. The average molecular weight is 494 g/mol. The molecule has 4 aromatic rings. The molecule has 0 aliphatic carbocycles. The predicted octanol–water partition coefficient (Wildman–Crippen LogP) is 4.56. The Labute approximate surface area is 204 Å². The molecule has 2 heterocycles. The quantitative estimate of drug-likeness (QED) is 0.313. The second-order valence-electron chi connectivity index (χ2n) is 7.67. The van der Waals surface area contributed by atoms with Crippen LogP contribution in [0, 0.1) is 0 Å². The van der Waals surface area contributed by atoms with Gasteiger partial charge >= 0.3 is 0 Å². The van der Waals surface area contributed by atoms with Gasteiger partial charge in [0.2, 0.25) is 12.7 Å². The Bertz CT molecular complexity index is 1460. The van der Waals surface area contributed by atoms with E-state index in [1.165, 1.54) is 16.3 Å². The highest BCUT2D eigenvalue weighted by molar-refractivity contribution is 8.00. The van der Waals surface area contributed by atoms with Gasteiger partial charge in [-0.15, -0.1) is 0 Å². The summed E-state index contributed by atoms with van der Waals surface area (Å²) in [7, 11) is 0. The van der Waals surface area contributed by atoms with E-state index in [-0.39, 0.29) is 18.3 Å². The van der Waals surface area contributed by atoms with Gasteiger partial charge in [0.25, 0.3) is 5.56 Å². The lowest BCUT2D eigenvalue weighted by Gasteiger charge is -2.17. The molecule has 9 heteroatoms. The van der Waals surface area contributed by atoms with Crippen LogP contribution in [0.4, 0.5) is 0 Å². The number of halogens is 1. The molecule has 1 aliphatic rings. The molecule has 0 saturated carbocycles. The summed E-state index contributed by atoms with van der Waals surface area (Å²) in [5, 5.41) is 3.71. The van der Waals surface area contributed by atoms with E-state index >= 15 is 0 Å². The highest BCUT2D eigenvalue weighted by Gasteiger charge is 2.21. The number of aromatic nitrogens is 2. The Morgan fingerprint density at radius 3 is 2.74 bits per heavy atom. The molecule has 3 aromatic carbocycles. The summed E-state index contributed by atoms with van der Waals surface area (Å²) in [6.07, 6.45) is 0. The number of para-hydroxylation sites is 2. The minimum atomic E-state index is -0.518. The first kappa shape index (κ1) is 22.3. The smallest absolute Gasteiger partial charge is 0.266 e. The minimum Gasteiger partial charge on any atom is -0.454 e. The Hall–Kier alpha value is -3.49. The molecule has 0 bridgehead atoms. The first-order valence-corrected chi connectivity index (χ1v) is 11.9. The molecule has 1 atom stereocenters. The molecule has 1 amide bonds. The van der Waals surface area contributed by atoms with Gasteiger partial charge in [-0.3, -0.25) is 14.2 Å². The number of carbonyl (C=O) groups is 1. The number of hydrogen-bond acceptors (Lipinski definition) is 6. The molecule has 0 radical (unpaired) electrons. The van der Waals surface area contributed by atoms with Gasteiger partial charge in [-0.05, 0) is 48.9 Å². The maximum atomic E-state index is 13.4. The van der Waals surface area contributed by atoms with Crippen LogP contribution in [0.3, 0.4) is 0 Å². The Balaban J connectivity index is 1.41. The van der Waals surface area contributed by atoms with Crippen molar-refractivity contribution < 1.29 is 14.3 Å². The van der Waals surface area contributed by atoms with Crippen molar-refractivity contribution in [3.63, 3.8) is 0 Å². The molecule has 1 aromatic heterocycles. The molecule has 0 saturated heterocycles. The largest absolute Gasteiger partial charge is 0.454 e. The molecule has 172 valence electrons. The lowest BCUT2D eigenvalue weighted by atomic mass is 10.2. The van der Waals surface area contributed by atoms with E-state index in [0.717, 1.165) is 5.56 Å². The molecular weight excluding hydrogens is 474 g/mol. The molecule has 7 nitrogen and oxygen atoms in total. The van der Waals surface area contributed by atoms with Gasteiger partial charge in [-0.25, -0.2) is 4.98 Å². The first-order chi connectivity index (χ1) is 16.5. The fourth-order valence-corrected chi connectivity index (χ4v) is 4.80. The van der Waals surface area contributed by atoms with Crippen LogP contribution in [0.15, 0.2) is 76.7 Å². The van der Waals surface area contributed by atoms with Gasteiger partial charge in [0.15, 0.2) is 16.7 Å². The number of benzene rings is 3. The fraction of sp³-hybridized carbons (Fsp3) is 0.160. The number of fused-ring (bicyclic) bond motifs is 2. The van der Waals surface area contributed by atoms with Crippen LogP contribution in [0.1, 0.15) is 12.5 Å². The van der Waals surface area contributed by atoms with Gasteiger partial charge in [-0.1, -0.05) is 53.7 Å². The molecule has 1 unspecified atom stereocenters. The average Bonchev–Trinajstić information content (AvgIpc) is 3.31. The number of hydrogen-bond donors (Lipinski definition) is 1. The standard InChI is InChI=1S/C25H20ClN3O4S/c1-15(23(30)27-13-16-10-11-21-22(12-16)33-14-32-21)34-25-28-19-8-4-2-6-17(19)24(31)29(25)20-9-5-3-7-18(20)26/h2-12,15H,13-14H2,1H3,(H,27,30). The van der Waals surface area contributed by atoms with Crippen LogP contribution in [-0.2, 0) is 11.3 Å². The molecule has 1 N–H and O–H groups in total.